The van der Waals surface area contributed by atoms with Crippen LogP contribution >= 0.6 is 7.82 Å². The molecule has 3 atom stereocenters. The lowest BCUT2D eigenvalue weighted by Gasteiger charge is -2.20. The molecule has 0 spiro atoms. The van der Waals surface area contributed by atoms with Crippen LogP contribution in [0.1, 0.15) is 39.0 Å². The Hall–Kier alpha value is -1.29. The average Bonchev–Trinajstić information content (AvgIpc) is 2.62. The van der Waals surface area contributed by atoms with Crippen molar-refractivity contribution in [3.05, 3.63) is 12.7 Å². The normalized spacial score (nSPS) is 15.4. The Morgan fingerprint density at radius 3 is 2.41 bits per heavy atom. The quantitative estimate of drug-likeness (QED) is 0.145. The zero-order chi connectivity index (χ0) is 20.7. The lowest BCUT2D eigenvalue weighted by molar-refractivity contribution is -0.160. The van der Waals surface area contributed by atoms with Gasteiger partial charge in [-0.25, -0.2) is 4.57 Å². The molecule has 1 unspecified atom stereocenters. The van der Waals surface area contributed by atoms with Gasteiger partial charge in [-0.15, -0.1) is 6.58 Å². The van der Waals surface area contributed by atoms with E-state index in [1.165, 1.54) is 6.08 Å². The molecule has 0 aliphatic rings. The molecule has 27 heavy (non-hydrogen) atoms. The van der Waals surface area contributed by atoms with Crippen LogP contribution in [0.5, 0.6) is 0 Å². The molecule has 0 amide bonds. The summed E-state index contributed by atoms with van der Waals surface area (Å²) in [6, 6.07) is 0. The number of aliphatic hydroxyl groups excluding tert-OH is 2. The van der Waals surface area contributed by atoms with Crippen LogP contribution in [-0.2, 0) is 32.7 Å². The summed E-state index contributed by atoms with van der Waals surface area (Å²) in [5, 5.41) is 17.8. The highest BCUT2D eigenvalue weighted by molar-refractivity contribution is 7.47. The zero-order valence-corrected chi connectivity index (χ0v) is 16.3. The molecule has 0 bridgehead atoms. The van der Waals surface area contributed by atoms with Crippen LogP contribution in [0.2, 0.25) is 0 Å². The number of carbonyl (C=O) groups is 2. The molecule has 0 heterocycles. The van der Waals surface area contributed by atoms with Gasteiger partial charge in [-0.3, -0.25) is 18.6 Å². The molecule has 0 rings (SSSR count). The van der Waals surface area contributed by atoms with Gasteiger partial charge in [0.15, 0.2) is 6.10 Å². The maximum Gasteiger partial charge on any atom is 0.472 e. The molecule has 0 aromatic rings. The smallest absolute Gasteiger partial charge is 0.461 e. The van der Waals surface area contributed by atoms with Crippen LogP contribution in [0.15, 0.2) is 12.7 Å². The SMILES string of the molecule is C=CCC(=O)OC[C@H](COP(=O)(O)OC[C@@H](O)CO)OC(=O)CCCCC. The Morgan fingerprint density at radius 2 is 1.81 bits per heavy atom. The predicted molar refractivity (Wildman–Crippen MR) is 94.6 cm³/mol. The molecule has 10 nitrogen and oxygen atoms in total. The molecular formula is C16H29O10P. The summed E-state index contributed by atoms with van der Waals surface area (Å²) < 4.78 is 31.0. The third kappa shape index (κ3) is 14.4. The summed E-state index contributed by atoms with van der Waals surface area (Å²) in [7, 11) is -4.56. The van der Waals surface area contributed by atoms with Crippen molar-refractivity contribution < 1.29 is 47.8 Å². The van der Waals surface area contributed by atoms with E-state index in [0.717, 1.165) is 12.8 Å². The Morgan fingerprint density at radius 1 is 1.15 bits per heavy atom. The monoisotopic (exact) mass is 412 g/mol. The van der Waals surface area contributed by atoms with Crippen LogP contribution in [0.25, 0.3) is 0 Å². The van der Waals surface area contributed by atoms with Gasteiger partial charge in [-0.1, -0.05) is 25.8 Å². The van der Waals surface area contributed by atoms with E-state index in [9.17, 15) is 19.0 Å². The van der Waals surface area contributed by atoms with Gasteiger partial charge in [0.05, 0.1) is 26.2 Å². The number of esters is 2. The molecule has 0 saturated carbocycles. The van der Waals surface area contributed by atoms with E-state index in [0.29, 0.717) is 6.42 Å². The van der Waals surface area contributed by atoms with E-state index in [4.69, 9.17) is 24.2 Å². The van der Waals surface area contributed by atoms with Crippen molar-refractivity contribution in [2.45, 2.75) is 51.2 Å². The minimum absolute atomic E-state index is 0.0430. The number of unbranched alkanes of at least 4 members (excludes halogenated alkanes) is 2. The number of hydrogen-bond donors (Lipinski definition) is 3. The van der Waals surface area contributed by atoms with Crippen molar-refractivity contribution in [1.82, 2.24) is 0 Å². The van der Waals surface area contributed by atoms with Gasteiger partial charge < -0.3 is 24.6 Å². The number of carbonyl (C=O) groups excluding carboxylic acids is 2. The summed E-state index contributed by atoms with van der Waals surface area (Å²) in [6.07, 6.45) is 1.38. The average molecular weight is 412 g/mol. The maximum absolute atomic E-state index is 11.8. The number of aliphatic hydroxyl groups is 2. The number of phosphoric acid groups is 1. The van der Waals surface area contributed by atoms with Crippen LogP contribution in [-0.4, -0.2) is 65.7 Å². The van der Waals surface area contributed by atoms with Gasteiger partial charge in [-0.05, 0) is 6.42 Å². The summed E-state index contributed by atoms with van der Waals surface area (Å²) in [6.45, 7) is 3.16. The first-order chi connectivity index (χ1) is 12.7. The van der Waals surface area contributed by atoms with Crippen LogP contribution in [0.3, 0.4) is 0 Å². The third-order valence-electron chi connectivity index (χ3n) is 3.09. The maximum atomic E-state index is 11.8. The fraction of sp³-hybridized carbons (Fsp3) is 0.750. The fourth-order valence-corrected chi connectivity index (χ4v) is 2.48. The first kappa shape index (κ1) is 25.7. The number of rotatable bonds is 16. The van der Waals surface area contributed by atoms with E-state index in [1.54, 1.807) is 0 Å². The standard InChI is InChI=1S/C16H29O10P/c1-3-5-6-8-16(20)26-14(11-23-15(19)7-4-2)12-25-27(21,22)24-10-13(18)9-17/h4,13-14,17-18H,2-3,5-12H2,1H3,(H,21,22)/t13-,14+/m0/s1. The molecule has 0 aliphatic carbocycles. The number of phosphoric ester groups is 1. The number of hydrogen-bond acceptors (Lipinski definition) is 9. The molecule has 3 N–H and O–H groups in total. The van der Waals surface area contributed by atoms with E-state index in [1.807, 2.05) is 6.92 Å². The molecule has 158 valence electrons. The highest BCUT2D eigenvalue weighted by Crippen LogP contribution is 2.43. The second-order valence-corrected chi connectivity index (χ2v) is 7.09. The highest BCUT2D eigenvalue weighted by atomic mass is 31.2. The molecule has 0 aliphatic heterocycles. The second kappa shape index (κ2) is 14.7. The summed E-state index contributed by atoms with van der Waals surface area (Å²) >= 11 is 0. The lowest BCUT2D eigenvalue weighted by Crippen LogP contribution is -2.29. The fourth-order valence-electron chi connectivity index (χ4n) is 1.69. The Labute approximate surface area is 158 Å². The topological polar surface area (TPSA) is 149 Å². The van der Waals surface area contributed by atoms with E-state index in [-0.39, 0.29) is 19.4 Å². The number of ether oxygens (including phenoxy) is 2. The highest BCUT2D eigenvalue weighted by Gasteiger charge is 2.26. The van der Waals surface area contributed by atoms with Crippen molar-refractivity contribution in [2.24, 2.45) is 0 Å². The van der Waals surface area contributed by atoms with Crippen molar-refractivity contribution in [2.75, 3.05) is 26.4 Å². The zero-order valence-electron chi connectivity index (χ0n) is 15.4. The van der Waals surface area contributed by atoms with Gasteiger partial charge in [0, 0.05) is 6.42 Å². The molecular weight excluding hydrogens is 383 g/mol. The van der Waals surface area contributed by atoms with Crippen molar-refractivity contribution in [3.8, 4) is 0 Å². The first-order valence-corrected chi connectivity index (χ1v) is 10.1. The van der Waals surface area contributed by atoms with Crippen molar-refractivity contribution >= 4 is 19.8 Å². The van der Waals surface area contributed by atoms with Gasteiger partial charge in [0.2, 0.25) is 0 Å². The molecule has 0 radical (unpaired) electrons. The Balaban J connectivity index is 4.62. The van der Waals surface area contributed by atoms with Crippen LogP contribution in [0.4, 0.5) is 0 Å². The second-order valence-electron chi connectivity index (χ2n) is 5.64. The Kier molecular flexibility index (Phi) is 14.0. The molecule has 11 heteroatoms. The van der Waals surface area contributed by atoms with Gasteiger partial charge in [0.25, 0.3) is 0 Å². The van der Waals surface area contributed by atoms with E-state index < -0.39 is 51.8 Å². The largest absolute Gasteiger partial charge is 0.472 e. The predicted octanol–water partition coefficient (Wildman–Crippen LogP) is 1.08. The summed E-state index contributed by atoms with van der Waals surface area (Å²) in [4.78, 5) is 32.8. The van der Waals surface area contributed by atoms with Crippen molar-refractivity contribution in [3.63, 3.8) is 0 Å². The van der Waals surface area contributed by atoms with E-state index >= 15 is 0 Å². The molecule has 0 aromatic heterocycles. The summed E-state index contributed by atoms with van der Waals surface area (Å²) in [5.41, 5.74) is 0. The van der Waals surface area contributed by atoms with Gasteiger partial charge >= 0.3 is 19.8 Å². The van der Waals surface area contributed by atoms with Gasteiger partial charge in [0.1, 0.15) is 12.7 Å². The molecule has 0 aromatic carbocycles. The van der Waals surface area contributed by atoms with Crippen molar-refractivity contribution in [1.29, 1.82) is 0 Å². The summed E-state index contributed by atoms with van der Waals surface area (Å²) in [5.74, 6) is -1.16. The van der Waals surface area contributed by atoms with Gasteiger partial charge in [-0.2, -0.15) is 0 Å². The first-order valence-electron chi connectivity index (χ1n) is 8.60. The minimum atomic E-state index is -4.56. The van der Waals surface area contributed by atoms with E-state index in [2.05, 4.69) is 11.1 Å². The third-order valence-corrected chi connectivity index (χ3v) is 4.04. The molecule has 0 fully saturated rings. The molecule has 0 saturated heterocycles. The van der Waals surface area contributed by atoms with Crippen LogP contribution in [0, 0.1) is 0 Å². The van der Waals surface area contributed by atoms with Crippen LogP contribution < -0.4 is 0 Å². The lowest BCUT2D eigenvalue weighted by atomic mass is 10.2. The Bertz CT molecular complexity index is 496. The minimum Gasteiger partial charge on any atom is -0.461 e.